The van der Waals surface area contributed by atoms with Crippen molar-refractivity contribution in [3.8, 4) is 5.69 Å². The number of rotatable bonds is 3. The molecule has 132 valence electrons. The predicted octanol–water partition coefficient (Wildman–Crippen LogP) is 3.53. The van der Waals surface area contributed by atoms with E-state index in [0.717, 1.165) is 29.9 Å². The zero-order valence-corrected chi connectivity index (χ0v) is 14.4. The second-order valence-electron chi connectivity index (χ2n) is 6.38. The third kappa shape index (κ3) is 3.06. The number of carbonyl (C=O) groups excluding carboxylic acids is 1. The van der Waals surface area contributed by atoms with Crippen LogP contribution in [0.2, 0.25) is 0 Å². The Morgan fingerprint density at radius 1 is 1.15 bits per heavy atom. The fraction of sp³-hybridized carbons (Fsp3) is 0.200. The van der Waals surface area contributed by atoms with Crippen LogP contribution in [0.5, 0.6) is 0 Å². The number of para-hydroxylation sites is 1. The molecule has 2 heterocycles. The number of hydrogen-bond acceptors (Lipinski definition) is 3. The van der Waals surface area contributed by atoms with Crippen molar-refractivity contribution in [3.63, 3.8) is 0 Å². The van der Waals surface area contributed by atoms with E-state index in [4.69, 9.17) is 0 Å². The van der Waals surface area contributed by atoms with Crippen LogP contribution in [-0.4, -0.2) is 22.2 Å². The van der Waals surface area contributed by atoms with Crippen LogP contribution in [-0.2, 0) is 17.8 Å². The number of amides is 1. The summed E-state index contributed by atoms with van der Waals surface area (Å²) in [5.41, 5.74) is 4.40. The number of aromatic nitrogens is 2. The third-order valence-corrected chi connectivity index (χ3v) is 4.56. The van der Waals surface area contributed by atoms with E-state index in [1.165, 1.54) is 18.7 Å². The molecule has 3 aromatic rings. The Balaban J connectivity index is 1.57. The summed E-state index contributed by atoms with van der Waals surface area (Å²) in [6.07, 6.45) is 2.72. The molecule has 26 heavy (non-hydrogen) atoms. The highest BCUT2D eigenvalue weighted by atomic mass is 19.1. The Morgan fingerprint density at radius 3 is 2.69 bits per heavy atom. The number of halogens is 1. The first-order valence-corrected chi connectivity index (χ1v) is 8.55. The highest BCUT2D eigenvalue weighted by Gasteiger charge is 2.22. The quantitative estimate of drug-likeness (QED) is 0.786. The van der Waals surface area contributed by atoms with Crippen molar-refractivity contribution in [2.45, 2.75) is 19.9 Å². The van der Waals surface area contributed by atoms with E-state index >= 15 is 0 Å². The zero-order chi connectivity index (χ0) is 18.1. The van der Waals surface area contributed by atoms with E-state index in [1.807, 2.05) is 47.3 Å². The van der Waals surface area contributed by atoms with Crippen LogP contribution in [0.3, 0.4) is 0 Å². The van der Waals surface area contributed by atoms with Gasteiger partial charge in [0.05, 0.1) is 23.3 Å². The zero-order valence-electron chi connectivity index (χ0n) is 14.4. The van der Waals surface area contributed by atoms with Gasteiger partial charge in [0.2, 0.25) is 5.91 Å². The monoisotopic (exact) mass is 350 g/mol. The standard InChI is InChI=1S/C20H19FN4O/c1-14(26)23-19-8-7-17(11-18(19)21)24-10-9-20-15(13-24)12-22-25(20)16-5-3-2-4-6-16/h2-8,11-12H,9-10,13H2,1H3,(H,23,26). The Morgan fingerprint density at radius 2 is 1.96 bits per heavy atom. The van der Waals surface area contributed by atoms with Crippen molar-refractivity contribution >= 4 is 17.3 Å². The fourth-order valence-electron chi connectivity index (χ4n) is 3.34. The molecule has 1 amide bonds. The van der Waals surface area contributed by atoms with Crippen LogP contribution in [0.15, 0.2) is 54.7 Å². The lowest BCUT2D eigenvalue weighted by Gasteiger charge is -2.29. The fourth-order valence-corrected chi connectivity index (χ4v) is 3.34. The second-order valence-corrected chi connectivity index (χ2v) is 6.38. The minimum Gasteiger partial charge on any atom is -0.367 e. The molecule has 1 aliphatic heterocycles. The second kappa shape index (κ2) is 6.63. The van der Waals surface area contributed by atoms with Crippen LogP contribution < -0.4 is 10.2 Å². The number of carbonyl (C=O) groups is 1. The summed E-state index contributed by atoms with van der Waals surface area (Å²) in [7, 11) is 0. The number of nitrogens with one attached hydrogen (secondary N) is 1. The van der Waals surface area contributed by atoms with E-state index in [-0.39, 0.29) is 11.6 Å². The lowest BCUT2D eigenvalue weighted by Crippen LogP contribution is -2.30. The molecule has 1 aromatic heterocycles. The minimum absolute atomic E-state index is 0.204. The van der Waals surface area contributed by atoms with Crippen LogP contribution >= 0.6 is 0 Å². The van der Waals surface area contributed by atoms with Gasteiger partial charge >= 0.3 is 0 Å². The molecule has 0 aliphatic carbocycles. The van der Waals surface area contributed by atoms with Crippen molar-refractivity contribution in [2.24, 2.45) is 0 Å². The molecule has 0 fully saturated rings. The average molecular weight is 350 g/mol. The molecule has 5 nitrogen and oxygen atoms in total. The first kappa shape index (κ1) is 16.3. The molecule has 6 heteroatoms. The Kier molecular flexibility index (Phi) is 4.16. The van der Waals surface area contributed by atoms with Crippen LogP contribution in [0, 0.1) is 5.82 Å². The number of anilines is 2. The van der Waals surface area contributed by atoms with E-state index in [0.29, 0.717) is 6.54 Å². The van der Waals surface area contributed by atoms with Gasteiger partial charge in [-0.3, -0.25) is 4.79 Å². The van der Waals surface area contributed by atoms with Gasteiger partial charge in [0.25, 0.3) is 0 Å². The van der Waals surface area contributed by atoms with Gasteiger partial charge in [0.15, 0.2) is 0 Å². The molecular weight excluding hydrogens is 331 g/mol. The predicted molar refractivity (Wildman–Crippen MR) is 99.0 cm³/mol. The summed E-state index contributed by atoms with van der Waals surface area (Å²) >= 11 is 0. The van der Waals surface area contributed by atoms with Gasteiger partial charge in [-0.2, -0.15) is 5.10 Å². The maximum absolute atomic E-state index is 14.2. The van der Waals surface area contributed by atoms with Gasteiger partial charge < -0.3 is 10.2 Å². The number of hydrogen-bond donors (Lipinski definition) is 1. The van der Waals surface area contributed by atoms with Crippen molar-refractivity contribution < 1.29 is 9.18 Å². The average Bonchev–Trinajstić information content (AvgIpc) is 3.07. The molecule has 4 rings (SSSR count). The van der Waals surface area contributed by atoms with Crippen LogP contribution in [0.1, 0.15) is 18.2 Å². The lowest BCUT2D eigenvalue weighted by atomic mass is 10.1. The summed E-state index contributed by atoms with van der Waals surface area (Å²) < 4.78 is 16.2. The summed E-state index contributed by atoms with van der Waals surface area (Å²) in [6.45, 7) is 2.83. The van der Waals surface area contributed by atoms with Crippen molar-refractivity contribution in [1.29, 1.82) is 0 Å². The molecule has 1 N–H and O–H groups in total. The SMILES string of the molecule is CC(=O)Nc1ccc(N2CCc3c(cnn3-c3ccccc3)C2)cc1F. The van der Waals surface area contributed by atoms with E-state index < -0.39 is 5.82 Å². The summed E-state index contributed by atoms with van der Waals surface area (Å²) in [5, 5.41) is 7.02. The van der Waals surface area contributed by atoms with E-state index in [1.54, 1.807) is 6.07 Å². The molecule has 0 bridgehead atoms. The number of benzene rings is 2. The van der Waals surface area contributed by atoms with Gasteiger partial charge in [-0.1, -0.05) is 18.2 Å². The summed E-state index contributed by atoms with van der Waals surface area (Å²) in [6, 6.07) is 15.0. The highest BCUT2D eigenvalue weighted by Crippen LogP contribution is 2.28. The first-order valence-electron chi connectivity index (χ1n) is 8.55. The molecule has 0 saturated carbocycles. The molecule has 1 aliphatic rings. The Labute approximate surface area is 151 Å². The molecule has 0 saturated heterocycles. The Bertz CT molecular complexity index is 952. The minimum atomic E-state index is -0.427. The van der Waals surface area contributed by atoms with Gasteiger partial charge in [0.1, 0.15) is 5.82 Å². The molecule has 0 atom stereocenters. The molecule has 0 spiro atoms. The maximum Gasteiger partial charge on any atom is 0.221 e. The van der Waals surface area contributed by atoms with Crippen molar-refractivity contribution in [3.05, 3.63) is 71.8 Å². The molecule has 0 unspecified atom stereocenters. The van der Waals surface area contributed by atoms with Crippen molar-refractivity contribution in [1.82, 2.24) is 9.78 Å². The summed E-state index contributed by atoms with van der Waals surface area (Å²) in [4.78, 5) is 13.2. The van der Waals surface area contributed by atoms with Gasteiger partial charge in [0, 0.05) is 37.7 Å². The maximum atomic E-state index is 14.2. The lowest BCUT2D eigenvalue weighted by molar-refractivity contribution is -0.114. The van der Waals surface area contributed by atoms with Gasteiger partial charge in [-0.05, 0) is 30.3 Å². The normalized spacial score (nSPS) is 13.4. The first-order chi connectivity index (χ1) is 12.6. The van der Waals surface area contributed by atoms with E-state index in [2.05, 4.69) is 15.3 Å². The molecule has 2 aromatic carbocycles. The topological polar surface area (TPSA) is 50.2 Å². The van der Waals surface area contributed by atoms with Crippen LogP contribution in [0.25, 0.3) is 5.69 Å². The molecular formula is C20H19FN4O. The summed E-state index contributed by atoms with van der Waals surface area (Å²) in [5.74, 6) is -0.712. The van der Waals surface area contributed by atoms with Gasteiger partial charge in [-0.15, -0.1) is 0 Å². The van der Waals surface area contributed by atoms with Crippen LogP contribution in [0.4, 0.5) is 15.8 Å². The van der Waals surface area contributed by atoms with Gasteiger partial charge in [-0.25, -0.2) is 9.07 Å². The van der Waals surface area contributed by atoms with Crippen molar-refractivity contribution in [2.75, 3.05) is 16.8 Å². The largest absolute Gasteiger partial charge is 0.367 e. The van der Waals surface area contributed by atoms with E-state index in [9.17, 15) is 9.18 Å². The highest BCUT2D eigenvalue weighted by molar-refractivity contribution is 5.89. The Hall–Kier alpha value is -3.15. The number of nitrogens with zero attached hydrogens (tertiary/aromatic N) is 3. The number of fused-ring (bicyclic) bond motifs is 1. The third-order valence-electron chi connectivity index (χ3n) is 4.56. The molecule has 0 radical (unpaired) electrons. The smallest absolute Gasteiger partial charge is 0.221 e.